The number of methoxy groups -OCH3 is 1. The summed E-state index contributed by atoms with van der Waals surface area (Å²) in [6.45, 7) is 3.16. The lowest BCUT2D eigenvalue weighted by molar-refractivity contribution is 0.163. The molecule has 1 N–H and O–H groups in total. The molecule has 0 saturated heterocycles. The van der Waals surface area contributed by atoms with Crippen LogP contribution in [0, 0.1) is 5.82 Å². The third-order valence-corrected chi connectivity index (χ3v) is 2.75. The van der Waals surface area contributed by atoms with E-state index in [1.165, 1.54) is 16.8 Å². The molecule has 0 amide bonds. The first-order chi connectivity index (χ1) is 9.19. The van der Waals surface area contributed by atoms with E-state index in [4.69, 9.17) is 4.74 Å². The van der Waals surface area contributed by atoms with Crippen LogP contribution in [0.1, 0.15) is 0 Å². The van der Waals surface area contributed by atoms with Gasteiger partial charge in [0.2, 0.25) is 5.95 Å². The van der Waals surface area contributed by atoms with E-state index in [-0.39, 0.29) is 5.82 Å². The number of likely N-dealkylation sites (N-methyl/N-ethyl adjacent to an activating group) is 1. The first-order valence-corrected chi connectivity index (χ1v) is 6.12. The van der Waals surface area contributed by atoms with Gasteiger partial charge in [-0.1, -0.05) is 0 Å². The molecular formula is C12H18FN5O. The topological polar surface area (TPSA) is 54.7 Å². The fraction of sp³-hybridized carbons (Fsp3) is 0.500. The van der Waals surface area contributed by atoms with Crippen LogP contribution in [0.15, 0.2) is 18.3 Å². The predicted octanol–water partition coefficient (Wildman–Crippen LogP) is 0.858. The van der Waals surface area contributed by atoms with Crippen LogP contribution in [0.4, 0.5) is 10.3 Å². The summed E-state index contributed by atoms with van der Waals surface area (Å²) >= 11 is 0. The summed E-state index contributed by atoms with van der Waals surface area (Å²) in [5.41, 5.74) is 0.622. The van der Waals surface area contributed by atoms with Gasteiger partial charge in [0.25, 0.3) is 0 Å². The highest BCUT2D eigenvalue weighted by Gasteiger charge is 2.04. The Kier molecular flexibility index (Phi) is 4.64. The molecule has 2 rings (SSSR count). The van der Waals surface area contributed by atoms with E-state index in [0.29, 0.717) is 18.2 Å². The molecule has 0 aliphatic heterocycles. The minimum Gasteiger partial charge on any atom is -0.383 e. The fourth-order valence-electron chi connectivity index (χ4n) is 1.65. The lowest BCUT2D eigenvalue weighted by Gasteiger charge is -2.15. The van der Waals surface area contributed by atoms with Gasteiger partial charge in [0.1, 0.15) is 5.82 Å². The quantitative estimate of drug-likeness (QED) is 0.806. The highest BCUT2D eigenvalue weighted by molar-refractivity contribution is 5.42. The third kappa shape index (κ3) is 3.87. The molecular weight excluding hydrogens is 249 g/mol. The van der Waals surface area contributed by atoms with Crippen molar-refractivity contribution >= 4 is 11.6 Å². The highest BCUT2D eigenvalue weighted by Crippen LogP contribution is 2.06. The van der Waals surface area contributed by atoms with Gasteiger partial charge in [0, 0.05) is 26.7 Å². The summed E-state index contributed by atoms with van der Waals surface area (Å²) in [5, 5.41) is 7.26. The molecule has 0 aromatic carbocycles. The summed E-state index contributed by atoms with van der Waals surface area (Å²) in [5.74, 6) is 0.175. The molecule has 0 unspecified atom stereocenters. The number of halogens is 1. The Bertz CT molecular complexity index is 530. The zero-order valence-electron chi connectivity index (χ0n) is 11.1. The average Bonchev–Trinajstić information content (AvgIpc) is 2.78. The summed E-state index contributed by atoms with van der Waals surface area (Å²) in [7, 11) is 3.71. The lowest BCUT2D eigenvalue weighted by atomic mass is 10.5. The highest BCUT2D eigenvalue weighted by atomic mass is 19.1. The number of aromatic nitrogens is 3. The summed E-state index contributed by atoms with van der Waals surface area (Å²) < 4.78 is 19.4. The van der Waals surface area contributed by atoms with Crippen molar-refractivity contribution < 1.29 is 9.13 Å². The van der Waals surface area contributed by atoms with Crippen LogP contribution in [0.5, 0.6) is 0 Å². The Labute approximate surface area is 111 Å². The first kappa shape index (κ1) is 13.7. The second kappa shape index (κ2) is 6.44. The number of fused-ring (bicyclic) bond motifs is 1. The van der Waals surface area contributed by atoms with Gasteiger partial charge in [-0.2, -0.15) is 4.98 Å². The number of nitrogens with zero attached hydrogens (tertiary/aromatic N) is 4. The smallest absolute Gasteiger partial charge is 0.243 e. The Balaban J connectivity index is 1.84. The predicted molar refractivity (Wildman–Crippen MR) is 70.8 cm³/mol. The van der Waals surface area contributed by atoms with E-state index in [0.717, 1.165) is 19.6 Å². The monoisotopic (exact) mass is 267 g/mol. The molecule has 0 spiro atoms. The molecule has 2 aromatic heterocycles. The van der Waals surface area contributed by atoms with Crippen LogP contribution in [0.25, 0.3) is 5.65 Å². The third-order valence-electron chi connectivity index (χ3n) is 2.75. The van der Waals surface area contributed by atoms with Gasteiger partial charge in [-0.3, -0.25) is 0 Å². The zero-order chi connectivity index (χ0) is 13.7. The maximum Gasteiger partial charge on any atom is 0.243 e. The molecule has 6 nitrogen and oxygen atoms in total. The standard InChI is InChI=1S/C12H18FN5O/c1-17(7-8-19-2)6-5-14-12-15-11-4-3-10(13)9-18(11)16-12/h3-4,9H,5-8H2,1-2H3,(H,14,16). The van der Waals surface area contributed by atoms with Gasteiger partial charge in [-0.05, 0) is 19.2 Å². The van der Waals surface area contributed by atoms with Gasteiger partial charge in [-0.25, -0.2) is 8.91 Å². The molecule has 0 fully saturated rings. The molecule has 2 heterocycles. The molecule has 0 saturated carbocycles. The van der Waals surface area contributed by atoms with Crippen molar-refractivity contribution in [2.24, 2.45) is 0 Å². The van der Waals surface area contributed by atoms with E-state index in [9.17, 15) is 4.39 Å². The van der Waals surface area contributed by atoms with Crippen molar-refractivity contribution in [1.29, 1.82) is 0 Å². The van der Waals surface area contributed by atoms with Crippen LogP contribution >= 0.6 is 0 Å². The summed E-state index contributed by atoms with van der Waals surface area (Å²) in [6.07, 6.45) is 1.30. The number of anilines is 1. The molecule has 7 heteroatoms. The second-order valence-corrected chi connectivity index (χ2v) is 4.31. The summed E-state index contributed by atoms with van der Waals surface area (Å²) in [6, 6.07) is 2.96. The molecule has 0 aliphatic rings. The van der Waals surface area contributed by atoms with Crippen molar-refractivity contribution in [3.8, 4) is 0 Å². The molecule has 0 bridgehead atoms. The Morgan fingerprint density at radius 1 is 1.42 bits per heavy atom. The largest absolute Gasteiger partial charge is 0.383 e. The summed E-state index contributed by atoms with van der Waals surface area (Å²) in [4.78, 5) is 6.39. The number of hydrogen-bond donors (Lipinski definition) is 1. The lowest BCUT2D eigenvalue weighted by Crippen LogP contribution is -2.28. The van der Waals surface area contributed by atoms with Crippen molar-refractivity contribution in [1.82, 2.24) is 19.5 Å². The molecule has 0 atom stereocenters. The Hall–Kier alpha value is -1.73. The fourth-order valence-corrected chi connectivity index (χ4v) is 1.65. The van der Waals surface area contributed by atoms with Crippen LogP contribution in [0.3, 0.4) is 0 Å². The minimum atomic E-state index is -0.330. The van der Waals surface area contributed by atoms with Crippen LogP contribution in [0.2, 0.25) is 0 Å². The Morgan fingerprint density at radius 2 is 2.26 bits per heavy atom. The second-order valence-electron chi connectivity index (χ2n) is 4.31. The van der Waals surface area contributed by atoms with Crippen molar-refractivity contribution in [2.75, 3.05) is 45.7 Å². The van der Waals surface area contributed by atoms with Crippen LogP contribution in [-0.4, -0.2) is 59.9 Å². The number of rotatable bonds is 7. The van der Waals surface area contributed by atoms with E-state index < -0.39 is 0 Å². The van der Waals surface area contributed by atoms with Crippen LogP contribution < -0.4 is 5.32 Å². The molecule has 19 heavy (non-hydrogen) atoms. The first-order valence-electron chi connectivity index (χ1n) is 6.12. The van der Waals surface area contributed by atoms with Crippen molar-refractivity contribution in [3.05, 3.63) is 24.1 Å². The number of pyridine rings is 1. The van der Waals surface area contributed by atoms with E-state index in [1.807, 2.05) is 7.05 Å². The van der Waals surface area contributed by atoms with E-state index in [1.54, 1.807) is 13.2 Å². The normalized spacial score (nSPS) is 11.4. The zero-order valence-corrected chi connectivity index (χ0v) is 11.1. The average molecular weight is 267 g/mol. The maximum absolute atomic E-state index is 13.0. The van der Waals surface area contributed by atoms with Crippen LogP contribution in [-0.2, 0) is 4.74 Å². The van der Waals surface area contributed by atoms with Gasteiger partial charge in [0.05, 0.1) is 12.8 Å². The molecule has 104 valence electrons. The molecule has 0 radical (unpaired) electrons. The Morgan fingerprint density at radius 3 is 3.05 bits per heavy atom. The van der Waals surface area contributed by atoms with Crippen molar-refractivity contribution in [2.45, 2.75) is 0 Å². The number of hydrogen-bond acceptors (Lipinski definition) is 5. The maximum atomic E-state index is 13.0. The number of nitrogens with one attached hydrogen (secondary N) is 1. The van der Waals surface area contributed by atoms with Gasteiger partial charge >= 0.3 is 0 Å². The van der Waals surface area contributed by atoms with Gasteiger partial charge < -0.3 is 15.0 Å². The van der Waals surface area contributed by atoms with E-state index >= 15 is 0 Å². The molecule has 0 aliphatic carbocycles. The SMILES string of the molecule is COCCN(C)CCNc1nc2ccc(F)cn2n1. The van der Waals surface area contributed by atoms with E-state index in [2.05, 4.69) is 20.3 Å². The minimum absolute atomic E-state index is 0.330. The molecule has 2 aromatic rings. The van der Waals surface area contributed by atoms with Gasteiger partial charge in [0.15, 0.2) is 5.65 Å². The van der Waals surface area contributed by atoms with Crippen molar-refractivity contribution in [3.63, 3.8) is 0 Å². The number of ether oxygens (including phenoxy) is 1. The van der Waals surface area contributed by atoms with Gasteiger partial charge in [-0.15, -0.1) is 5.10 Å².